The largest absolute Gasteiger partial charge is 0.368 e. The molecule has 1 amide bonds. The first-order valence-electron chi connectivity index (χ1n) is 10.3. The van der Waals surface area contributed by atoms with Crippen LogP contribution >= 0.6 is 11.6 Å². The van der Waals surface area contributed by atoms with Crippen LogP contribution in [0.3, 0.4) is 0 Å². The molecule has 0 radical (unpaired) electrons. The zero-order chi connectivity index (χ0) is 20.0. The molecule has 2 aliphatic rings. The van der Waals surface area contributed by atoms with Crippen LogP contribution in [0.15, 0.2) is 42.5 Å². The van der Waals surface area contributed by atoms with Crippen LogP contribution in [0.4, 0.5) is 0 Å². The Morgan fingerprint density at radius 3 is 2.62 bits per heavy atom. The van der Waals surface area contributed by atoms with Crippen LogP contribution in [0.5, 0.6) is 0 Å². The predicted molar refractivity (Wildman–Crippen MR) is 117 cm³/mol. The summed E-state index contributed by atoms with van der Waals surface area (Å²) < 4.78 is 0. The predicted octanol–water partition coefficient (Wildman–Crippen LogP) is 4.49. The number of hydrogen-bond acceptors (Lipinski definition) is 3. The Kier molecular flexibility index (Phi) is 4.76. The van der Waals surface area contributed by atoms with Gasteiger partial charge in [-0.1, -0.05) is 23.7 Å². The van der Waals surface area contributed by atoms with E-state index in [2.05, 4.69) is 23.1 Å². The van der Waals surface area contributed by atoms with Crippen molar-refractivity contribution in [2.24, 2.45) is 5.73 Å². The zero-order valence-electron chi connectivity index (χ0n) is 16.3. The molecule has 0 bridgehead atoms. The molecule has 2 aromatic carbocycles. The van der Waals surface area contributed by atoms with Gasteiger partial charge in [0.25, 0.3) is 0 Å². The molecular weight excluding hydrogens is 382 g/mol. The van der Waals surface area contributed by atoms with Crippen molar-refractivity contribution >= 4 is 28.4 Å². The van der Waals surface area contributed by atoms with Gasteiger partial charge in [0.05, 0.1) is 17.3 Å². The molecule has 5 heteroatoms. The lowest BCUT2D eigenvalue weighted by molar-refractivity contribution is -0.122. The van der Waals surface area contributed by atoms with Crippen LogP contribution in [0, 0.1) is 0 Å². The lowest BCUT2D eigenvalue weighted by Crippen LogP contribution is -2.39. The number of likely N-dealkylation sites (tertiary alicyclic amines) is 1. The summed E-state index contributed by atoms with van der Waals surface area (Å²) in [5.41, 5.74) is 12.7. The summed E-state index contributed by atoms with van der Waals surface area (Å²) in [6.45, 7) is 1.56. The first-order chi connectivity index (χ1) is 14.1. The SMILES string of the molecule is NC(=O)[C@@H]1CCCN1Cc1cc2cc3c(cc2nc1-c1ccc(Cl)cc1)CCC3. The molecule has 2 N–H and O–H groups in total. The smallest absolute Gasteiger partial charge is 0.234 e. The lowest BCUT2D eigenvalue weighted by atomic mass is 10.00. The summed E-state index contributed by atoms with van der Waals surface area (Å²) in [5, 5.41) is 1.88. The van der Waals surface area contributed by atoms with Gasteiger partial charge >= 0.3 is 0 Å². The van der Waals surface area contributed by atoms with E-state index in [1.165, 1.54) is 22.9 Å². The molecule has 29 heavy (non-hydrogen) atoms. The number of aryl methyl sites for hydroxylation is 2. The van der Waals surface area contributed by atoms with Crippen LogP contribution in [0.2, 0.25) is 5.02 Å². The fraction of sp³-hybridized carbons (Fsp3) is 0.333. The van der Waals surface area contributed by atoms with E-state index in [1.807, 2.05) is 24.3 Å². The minimum Gasteiger partial charge on any atom is -0.368 e. The van der Waals surface area contributed by atoms with Crippen molar-refractivity contribution in [3.63, 3.8) is 0 Å². The van der Waals surface area contributed by atoms with Crippen molar-refractivity contribution < 1.29 is 4.79 Å². The molecule has 1 atom stereocenters. The van der Waals surface area contributed by atoms with Crippen molar-refractivity contribution in [2.75, 3.05) is 6.54 Å². The van der Waals surface area contributed by atoms with Gasteiger partial charge in [-0.2, -0.15) is 0 Å². The summed E-state index contributed by atoms with van der Waals surface area (Å²) in [5.74, 6) is -0.234. The zero-order valence-corrected chi connectivity index (χ0v) is 17.1. The Balaban J connectivity index is 1.63. The van der Waals surface area contributed by atoms with Gasteiger partial charge in [-0.25, -0.2) is 4.98 Å². The van der Waals surface area contributed by atoms with Gasteiger partial charge < -0.3 is 5.73 Å². The van der Waals surface area contributed by atoms with E-state index in [9.17, 15) is 4.79 Å². The Morgan fingerprint density at radius 2 is 1.86 bits per heavy atom. The number of nitrogens with two attached hydrogens (primary N) is 1. The molecule has 2 heterocycles. The average molecular weight is 406 g/mol. The van der Waals surface area contributed by atoms with Gasteiger partial charge in [0, 0.05) is 22.5 Å². The van der Waals surface area contributed by atoms with E-state index in [0.717, 1.165) is 54.6 Å². The lowest BCUT2D eigenvalue weighted by Gasteiger charge is -2.23. The molecule has 0 saturated carbocycles. The number of nitrogens with zero attached hydrogens (tertiary/aromatic N) is 2. The highest BCUT2D eigenvalue weighted by Crippen LogP contribution is 2.33. The number of fused-ring (bicyclic) bond motifs is 2. The fourth-order valence-electron chi connectivity index (χ4n) is 4.83. The molecule has 1 aliphatic carbocycles. The van der Waals surface area contributed by atoms with Crippen LogP contribution in [0.25, 0.3) is 22.2 Å². The molecule has 4 nitrogen and oxygen atoms in total. The maximum Gasteiger partial charge on any atom is 0.234 e. The summed E-state index contributed by atoms with van der Waals surface area (Å²) in [6.07, 6.45) is 5.34. The van der Waals surface area contributed by atoms with Gasteiger partial charge in [0.1, 0.15) is 0 Å². The Bertz CT molecular complexity index is 1090. The van der Waals surface area contributed by atoms with Crippen molar-refractivity contribution in [3.8, 4) is 11.3 Å². The van der Waals surface area contributed by atoms with E-state index in [1.54, 1.807) is 0 Å². The van der Waals surface area contributed by atoms with Crippen molar-refractivity contribution in [1.29, 1.82) is 0 Å². The molecule has 3 aromatic rings. The number of primary amides is 1. The molecule has 5 rings (SSSR count). The second-order valence-corrected chi connectivity index (χ2v) is 8.64. The van der Waals surface area contributed by atoms with Gasteiger partial charge in [-0.15, -0.1) is 0 Å². The number of amides is 1. The quantitative estimate of drug-likeness (QED) is 0.695. The summed E-state index contributed by atoms with van der Waals surface area (Å²) in [4.78, 5) is 19.2. The monoisotopic (exact) mass is 405 g/mol. The number of carbonyl (C=O) groups excluding carboxylic acids is 1. The number of benzene rings is 2. The standard InChI is InChI=1S/C24H24ClN3O/c25-20-8-6-15(7-9-20)23-19(14-28-10-2-5-22(28)24(26)29)12-18-11-16-3-1-4-17(16)13-21(18)27-23/h6-9,11-13,22H,1-5,10,14H2,(H2,26,29)/t22-/m0/s1. The molecule has 1 saturated heterocycles. The molecule has 1 aromatic heterocycles. The van der Waals surface area contributed by atoms with Crippen molar-refractivity contribution in [1.82, 2.24) is 9.88 Å². The van der Waals surface area contributed by atoms with Crippen LogP contribution in [0.1, 0.15) is 36.0 Å². The first-order valence-corrected chi connectivity index (χ1v) is 10.7. The number of carbonyl (C=O) groups is 1. The molecule has 0 unspecified atom stereocenters. The summed E-state index contributed by atoms with van der Waals surface area (Å²) in [6, 6.07) is 14.4. The topological polar surface area (TPSA) is 59.2 Å². The fourth-order valence-corrected chi connectivity index (χ4v) is 4.95. The maximum atomic E-state index is 11.9. The summed E-state index contributed by atoms with van der Waals surface area (Å²) >= 11 is 6.11. The van der Waals surface area contributed by atoms with Gasteiger partial charge in [0.15, 0.2) is 0 Å². The second-order valence-electron chi connectivity index (χ2n) is 8.20. The van der Waals surface area contributed by atoms with E-state index in [4.69, 9.17) is 22.3 Å². The highest BCUT2D eigenvalue weighted by Gasteiger charge is 2.29. The number of pyridine rings is 1. The Labute approximate surface area is 175 Å². The van der Waals surface area contributed by atoms with Crippen molar-refractivity contribution in [2.45, 2.75) is 44.7 Å². The number of aromatic nitrogens is 1. The van der Waals surface area contributed by atoms with Crippen LogP contribution in [-0.4, -0.2) is 28.4 Å². The maximum absolute atomic E-state index is 11.9. The highest BCUT2D eigenvalue weighted by molar-refractivity contribution is 6.30. The average Bonchev–Trinajstić information content (AvgIpc) is 3.35. The van der Waals surface area contributed by atoms with Crippen LogP contribution < -0.4 is 5.73 Å². The van der Waals surface area contributed by atoms with E-state index in [0.29, 0.717) is 11.6 Å². The van der Waals surface area contributed by atoms with Gasteiger partial charge in [0.2, 0.25) is 5.91 Å². The number of halogens is 1. The second kappa shape index (κ2) is 7.43. The molecule has 0 spiro atoms. The van der Waals surface area contributed by atoms with Gasteiger partial charge in [-0.3, -0.25) is 9.69 Å². The van der Waals surface area contributed by atoms with E-state index in [-0.39, 0.29) is 11.9 Å². The third-order valence-electron chi connectivity index (χ3n) is 6.29. The van der Waals surface area contributed by atoms with E-state index < -0.39 is 0 Å². The number of rotatable bonds is 4. The van der Waals surface area contributed by atoms with Crippen molar-refractivity contribution in [3.05, 3.63) is 64.2 Å². The normalized spacial score (nSPS) is 19.0. The highest BCUT2D eigenvalue weighted by atomic mass is 35.5. The third-order valence-corrected chi connectivity index (χ3v) is 6.54. The number of hydrogen-bond donors (Lipinski definition) is 1. The molecule has 148 valence electrons. The molecular formula is C24H24ClN3O. The summed E-state index contributed by atoms with van der Waals surface area (Å²) in [7, 11) is 0. The third kappa shape index (κ3) is 3.52. The first kappa shape index (κ1) is 18.6. The minimum atomic E-state index is -0.234. The minimum absolute atomic E-state index is 0.191. The van der Waals surface area contributed by atoms with Gasteiger partial charge in [-0.05, 0) is 85.7 Å². The molecule has 1 aliphatic heterocycles. The van der Waals surface area contributed by atoms with E-state index >= 15 is 0 Å². The Morgan fingerprint density at radius 1 is 1.10 bits per heavy atom. The van der Waals surface area contributed by atoms with Crippen LogP contribution in [-0.2, 0) is 24.2 Å². The molecule has 1 fully saturated rings. The Hall–Kier alpha value is -2.43.